The first-order valence-electron chi connectivity index (χ1n) is 8.65. The average Bonchev–Trinajstić information content (AvgIpc) is 2.61. The number of carbonyl (C=O) groups excluding carboxylic acids is 1. The molecule has 2 aliphatic rings. The molecule has 0 aliphatic carbocycles. The van der Waals surface area contributed by atoms with Gasteiger partial charge < -0.3 is 19.3 Å². The maximum absolute atomic E-state index is 12.8. The fraction of sp³-hybridized carbons (Fsp3) is 0.706. The van der Waals surface area contributed by atoms with Crippen LogP contribution in [-0.4, -0.2) is 72.1 Å². The van der Waals surface area contributed by atoms with Crippen molar-refractivity contribution in [3.8, 4) is 11.8 Å². The Balaban J connectivity index is 1.58. The second kappa shape index (κ2) is 7.79. The predicted molar refractivity (Wildman–Crippen MR) is 89.0 cm³/mol. The van der Waals surface area contributed by atoms with Crippen molar-refractivity contribution in [1.29, 1.82) is 0 Å². The molecule has 2 aliphatic heterocycles. The summed E-state index contributed by atoms with van der Waals surface area (Å²) in [7, 11) is 3.64. The number of nitrogens with zero attached hydrogens (tertiary/aromatic N) is 4. The molecule has 2 fully saturated rings. The van der Waals surface area contributed by atoms with Crippen LogP contribution >= 0.6 is 0 Å². The van der Waals surface area contributed by atoms with E-state index in [1.54, 1.807) is 19.5 Å². The monoisotopic (exact) mass is 334 g/mol. The van der Waals surface area contributed by atoms with E-state index in [0.29, 0.717) is 18.3 Å². The first-order valence-corrected chi connectivity index (χ1v) is 8.65. The highest BCUT2D eigenvalue weighted by molar-refractivity contribution is 5.79. The van der Waals surface area contributed by atoms with Crippen LogP contribution in [0.2, 0.25) is 0 Å². The Labute approximate surface area is 143 Å². The van der Waals surface area contributed by atoms with Crippen LogP contribution in [0.4, 0.5) is 0 Å². The lowest BCUT2D eigenvalue weighted by molar-refractivity contribution is -0.139. The number of rotatable bonds is 4. The Morgan fingerprint density at radius 3 is 2.75 bits per heavy atom. The number of hydrogen-bond acceptors (Lipinski definition) is 6. The quantitative estimate of drug-likeness (QED) is 0.824. The fourth-order valence-corrected chi connectivity index (χ4v) is 3.52. The van der Waals surface area contributed by atoms with Gasteiger partial charge in [-0.15, -0.1) is 0 Å². The van der Waals surface area contributed by atoms with E-state index in [4.69, 9.17) is 9.47 Å². The lowest BCUT2D eigenvalue weighted by atomic mass is 9.95. The minimum absolute atomic E-state index is 0.0366. The highest BCUT2D eigenvalue weighted by Crippen LogP contribution is 2.22. The summed E-state index contributed by atoms with van der Waals surface area (Å²) in [5, 5.41) is 0. The lowest BCUT2D eigenvalue weighted by Crippen LogP contribution is -2.49. The van der Waals surface area contributed by atoms with E-state index in [2.05, 4.69) is 21.9 Å². The Kier molecular flexibility index (Phi) is 5.50. The summed E-state index contributed by atoms with van der Waals surface area (Å²) >= 11 is 0. The molecule has 1 amide bonds. The van der Waals surface area contributed by atoms with E-state index in [1.165, 1.54) is 0 Å². The van der Waals surface area contributed by atoms with Crippen LogP contribution in [0, 0.1) is 5.92 Å². The summed E-state index contributed by atoms with van der Waals surface area (Å²) in [6.45, 7) is 3.40. The molecule has 2 atom stereocenters. The summed E-state index contributed by atoms with van der Waals surface area (Å²) in [5.41, 5.74) is 0. The molecule has 3 heterocycles. The van der Waals surface area contributed by atoms with Crippen molar-refractivity contribution >= 4 is 5.91 Å². The third kappa shape index (κ3) is 4.14. The van der Waals surface area contributed by atoms with Gasteiger partial charge in [0.2, 0.25) is 17.7 Å². The topological polar surface area (TPSA) is 67.8 Å². The van der Waals surface area contributed by atoms with Gasteiger partial charge in [-0.25, -0.2) is 0 Å². The molecule has 0 aromatic carbocycles. The zero-order chi connectivity index (χ0) is 16.9. The number of likely N-dealkylation sites (tertiary alicyclic amines) is 2. The molecule has 3 rings (SSSR count). The second-order valence-corrected chi connectivity index (χ2v) is 6.67. The molecule has 24 heavy (non-hydrogen) atoms. The molecule has 132 valence electrons. The molecule has 7 nitrogen and oxygen atoms in total. The van der Waals surface area contributed by atoms with Crippen molar-refractivity contribution in [3.05, 3.63) is 12.4 Å². The number of aromatic nitrogens is 2. The third-order valence-electron chi connectivity index (χ3n) is 4.75. The van der Waals surface area contributed by atoms with E-state index >= 15 is 0 Å². The van der Waals surface area contributed by atoms with Crippen molar-refractivity contribution in [3.63, 3.8) is 0 Å². The van der Waals surface area contributed by atoms with Gasteiger partial charge in [-0.1, -0.05) is 0 Å². The SMILES string of the molecule is COc1cncc(OC2CCCN(C(=O)C3CCCN(C)C3)C2)n1. The lowest BCUT2D eigenvalue weighted by Gasteiger charge is -2.37. The smallest absolute Gasteiger partial charge is 0.235 e. The minimum Gasteiger partial charge on any atom is -0.480 e. The van der Waals surface area contributed by atoms with E-state index in [-0.39, 0.29) is 17.9 Å². The Morgan fingerprint density at radius 2 is 1.96 bits per heavy atom. The summed E-state index contributed by atoms with van der Waals surface area (Å²) in [5.74, 6) is 1.28. The van der Waals surface area contributed by atoms with Crippen LogP contribution in [-0.2, 0) is 4.79 Å². The molecule has 2 unspecified atom stereocenters. The van der Waals surface area contributed by atoms with Gasteiger partial charge in [0, 0.05) is 13.1 Å². The highest BCUT2D eigenvalue weighted by Gasteiger charge is 2.31. The van der Waals surface area contributed by atoms with E-state index in [9.17, 15) is 4.79 Å². The number of ether oxygens (including phenoxy) is 2. The van der Waals surface area contributed by atoms with Gasteiger partial charge in [0.15, 0.2) is 0 Å². The Bertz CT molecular complexity index is 569. The summed E-state index contributed by atoms with van der Waals surface area (Å²) in [6.07, 6.45) is 7.06. The molecule has 0 N–H and O–H groups in total. The van der Waals surface area contributed by atoms with Crippen LogP contribution in [0.1, 0.15) is 25.7 Å². The molecular formula is C17H26N4O3. The van der Waals surface area contributed by atoms with E-state index < -0.39 is 0 Å². The van der Waals surface area contributed by atoms with Gasteiger partial charge in [-0.2, -0.15) is 4.98 Å². The van der Waals surface area contributed by atoms with Crippen molar-refractivity contribution in [1.82, 2.24) is 19.8 Å². The standard InChI is InChI=1S/C17H26N4O3/c1-20-7-3-5-13(11-20)17(22)21-8-4-6-14(12-21)24-16-10-18-9-15(19-16)23-2/h9-10,13-14H,3-8,11-12H2,1-2H3. The molecule has 2 saturated heterocycles. The van der Waals surface area contributed by atoms with Gasteiger partial charge >= 0.3 is 0 Å². The average molecular weight is 334 g/mol. The molecule has 1 aromatic rings. The summed E-state index contributed by atoms with van der Waals surface area (Å²) in [6, 6.07) is 0. The zero-order valence-electron chi connectivity index (χ0n) is 14.5. The van der Waals surface area contributed by atoms with Gasteiger partial charge in [0.05, 0.1) is 32.0 Å². The van der Waals surface area contributed by atoms with Gasteiger partial charge in [-0.05, 0) is 39.3 Å². The van der Waals surface area contributed by atoms with Crippen molar-refractivity contribution in [2.75, 3.05) is 40.3 Å². The number of carbonyl (C=O) groups is 1. The number of piperidine rings is 2. The first-order chi connectivity index (χ1) is 11.7. The molecule has 0 saturated carbocycles. The minimum atomic E-state index is -0.0366. The van der Waals surface area contributed by atoms with Gasteiger partial charge in [0.1, 0.15) is 6.10 Å². The zero-order valence-corrected chi connectivity index (χ0v) is 14.5. The Hall–Kier alpha value is -1.89. The largest absolute Gasteiger partial charge is 0.480 e. The third-order valence-corrected chi connectivity index (χ3v) is 4.75. The maximum atomic E-state index is 12.8. The van der Waals surface area contributed by atoms with Crippen LogP contribution in [0.5, 0.6) is 11.8 Å². The summed E-state index contributed by atoms with van der Waals surface area (Å²) in [4.78, 5) is 25.3. The van der Waals surface area contributed by atoms with Gasteiger partial charge in [0.25, 0.3) is 0 Å². The Morgan fingerprint density at radius 1 is 1.17 bits per heavy atom. The van der Waals surface area contributed by atoms with Crippen molar-refractivity contribution < 1.29 is 14.3 Å². The number of methoxy groups -OCH3 is 1. The fourth-order valence-electron chi connectivity index (χ4n) is 3.52. The van der Waals surface area contributed by atoms with E-state index in [1.807, 2.05) is 4.90 Å². The molecule has 0 bridgehead atoms. The molecule has 7 heteroatoms. The predicted octanol–water partition coefficient (Wildman–Crippen LogP) is 1.20. The van der Waals surface area contributed by atoms with Crippen molar-refractivity contribution in [2.24, 2.45) is 5.92 Å². The van der Waals surface area contributed by atoms with Crippen molar-refractivity contribution in [2.45, 2.75) is 31.8 Å². The van der Waals surface area contributed by atoms with Crippen LogP contribution < -0.4 is 9.47 Å². The molecule has 1 aromatic heterocycles. The normalized spacial score (nSPS) is 25.3. The molecule has 0 radical (unpaired) electrons. The molecule has 0 spiro atoms. The van der Waals surface area contributed by atoms with E-state index in [0.717, 1.165) is 45.3 Å². The number of amides is 1. The van der Waals surface area contributed by atoms with Crippen LogP contribution in [0.25, 0.3) is 0 Å². The molecular weight excluding hydrogens is 308 g/mol. The maximum Gasteiger partial charge on any atom is 0.235 e. The van der Waals surface area contributed by atoms with Gasteiger partial charge in [-0.3, -0.25) is 9.78 Å². The highest BCUT2D eigenvalue weighted by atomic mass is 16.5. The van der Waals surface area contributed by atoms with Crippen LogP contribution in [0.15, 0.2) is 12.4 Å². The number of hydrogen-bond donors (Lipinski definition) is 0. The first kappa shape index (κ1) is 17.0. The van der Waals surface area contributed by atoms with Crippen LogP contribution in [0.3, 0.4) is 0 Å². The summed E-state index contributed by atoms with van der Waals surface area (Å²) < 4.78 is 11.0. The second-order valence-electron chi connectivity index (χ2n) is 6.67.